The van der Waals surface area contributed by atoms with Crippen molar-refractivity contribution in [3.63, 3.8) is 0 Å². The molecule has 0 amide bonds. The van der Waals surface area contributed by atoms with Crippen LogP contribution in [0.2, 0.25) is 0 Å². The molecule has 0 aromatic heterocycles. The summed E-state index contributed by atoms with van der Waals surface area (Å²) in [4.78, 5) is 58.6. The molecule has 0 aromatic rings. The van der Waals surface area contributed by atoms with E-state index in [1.807, 2.05) is 18.2 Å². The van der Waals surface area contributed by atoms with Crippen molar-refractivity contribution in [2.75, 3.05) is 39.6 Å². The van der Waals surface area contributed by atoms with E-state index >= 15 is 0 Å². The van der Waals surface area contributed by atoms with Crippen LogP contribution in [-0.2, 0) is 55.8 Å². The molecule has 0 radical (unpaired) electrons. The average molecular weight is 1480 g/mol. The number of unbranched alkanes of at least 4 members (excludes halogenated alkanes) is 19. The molecule has 0 aromatic carbocycles. The Hall–Kier alpha value is -5.35. The summed E-state index contributed by atoms with van der Waals surface area (Å²) in [5, 5.41) is 20.6. The van der Waals surface area contributed by atoms with Crippen molar-refractivity contribution in [2.24, 2.45) is 0 Å². The van der Waals surface area contributed by atoms with Crippen LogP contribution < -0.4 is 0 Å². The third kappa shape index (κ3) is 77.6. The molecule has 103 heavy (non-hydrogen) atoms. The predicted octanol–water partition coefficient (Wildman–Crippen LogP) is 23.0. The second-order valence-electron chi connectivity index (χ2n) is 25.4. The van der Waals surface area contributed by atoms with Gasteiger partial charge in [0, 0.05) is 19.3 Å². The van der Waals surface area contributed by atoms with Crippen molar-refractivity contribution in [3.8, 4) is 0 Å². The third-order valence-corrected chi connectivity index (χ3v) is 17.5. The number of esters is 3. The first-order valence-corrected chi connectivity index (χ1v) is 42.1. The third-order valence-electron chi connectivity index (χ3n) is 15.6. The summed E-state index contributed by atoms with van der Waals surface area (Å²) in [6.07, 6.45) is 98.1. The van der Waals surface area contributed by atoms with Crippen LogP contribution in [0, 0.1) is 0 Å². The highest BCUT2D eigenvalue weighted by molar-refractivity contribution is 7.47. The number of ether oxygens (including phenoxy) is 3. The maximum atomic E-state index is 13.0. The Labute approximate surface area is 624 Å². The van der Waals surface area contributed by atoms with Crippen molar-refractivity contribution in [2.45, 2.75) is 296 Å². The summed E-state index contributed by atoms with van der Waals surface area (Å²) in [5.41, 5.74) is 0. The largest absolute Gasteiger partial charge is 0.472 e. The Morgan fingerprint density at radius 3 is 0.854 bits per heavy atom. The SMILES string of the molecule is CC/C=C\C/C=C\C/C=C\C/C=C\C/C=C\C/C=C\CCC(=O)OC(COC(=O)CCCCCCC/C=C\C/C=C\C/C=C\C/C=C\CCCCC)COP(=O)(O)OCC(O)COP(=O)(O)OCC(O)COC(=O)CCCCCCCCCCCCC/C=C\C/C=C\C/C=C\C/C=C\C/C=C\CC. The number of phosphoric ester groups is 2. The van der Waals surface area contributed by atoms with Gasteiger partial charge >= 0.3 is 33.6 Å². The number of hydrogen-bond acceptors (Lipinski definition) is 14. The number of aliphatic hydroxyl groups excluding tert-OH is 2. The first-order valence-electron chi connectivity index (χ1n) is 39.1. The summed E-state index contributed by atoms with van der Waals surface area (Å²) in [6, 6.07) is 0. The molecular weight excluding hydrogens is 1340 g/mol. The minimum Gasteiger partial charge on any atom is -0.463 e. The van der Waals surface area contributed by atoms with Crippen molar-refractivity contribution >= 4 is 33.6 Å². The fourth-order valence-corrected chi connectivity index (χ4v) is 11.3. The molecule has 0 aliphatic heterocycles. The molecular formula is C85H138O16P2. The number of carbonyl (C=O) groups is 3. The summed E-state index contributed by atoms with van der Waals surface area (Å²) in [5.74, 6) is -1.71. The first-order chi connectivity index (χ1) is 50.2. The summed E-state index contributed by atoms with van der Waals surface area (Å²) in [6.45, 7) is 2.29. The van der Waals surface area contributed by atoms with E-state index < -0.39 is 91.5 Å². The molecule has 16 nitrogen and oxygen atoms in total. The predicted molar refractivity (Wildman–Crippen MR) is 426 cm³/mol. The van der Waals surface area contributed by atoms with Crippen molar-refractivity contribution in [1.82, 2.24) is 0 Å². The van der Waals surface area contributed by atoms with Crippen LogP contribution in [0.3, 0.4) is 0 Å². The highest BCUT2D eigenvalue weighted by Gasteiger charge is 2.29. The zero-order valence-corrected chi connectivity index (χ0v) is 65.5. The van der Waals surface area contributed by atoms with E-state index in [1.165, 1.54) is 57.8 Å². The maximum Gasteiger partial charge on any atom is 0.472 e. The smallest absolute Gasteiger partial charge is 0.463 e. The van der Waals surface area contributed by atoms with Crippen LogP contribution in [0.15, 0.2) is 182 Å². The molecule has 0 fully saturated rings. The van der Waals surface area contributed by atoms with Gasteiger partial charge in [-0.2, -0.15) is 0 Å². The Morgan fingerprint density at radius 1 is 0.282 bits per heavy atom. The van der Waals surface area contributed by atoms with Gasteiger partial charge in [0.25, 0.3) is 0 Å². The van der Waals surface area contributed by atoms with E-state index in [1.54, 1.807) is 0 Å². The number of carbonyl (C=O) groups excluding carboxylic acids is 3. The minimum atomic E-state index is -4.96. The summed E-state index contributed by atoms with van der Waals surface area (Å²) in [7, 11) is -9.84. The highest BCUT2D eigenvalue weighted by Crippen LogP contribution is 2.45. The second-order valence-corrected chi connectivity index (χ2v) is 28.3. The molecule has 0 saturated heterocycles. The normalized spacial score (nSPS) is 15.0. The fraction of sp³-hybridized carbons (Fsp3) is 0.612. The molecule has 0 aliphatic rings. The van der Waals surface area contributed by atoms with E-state index in [2.05, 4.69) is 185 Å². The van der Waals surface area contributed by atoms with Gasteiger partial charge in [-0.3, -0.25) is 32.5 Å². The van der Waals surface area contributed by atoms with Gasteiger partial charge in [-0.1, -0.05) is 293 Å². The Bertz CT molecular complexity index is 2600. The number of phosphoric acid groups is 2. The lowest BCUT2D eigenvalue weighted by Gasteiger charge is -2.21. The highest BCUT2D eigenvalue weighted by atomic mass is 31.2. The summed E-state index contributed by atoms with van der Waals surface area (Å²) < 4.78 is 61.0. The van der Waals surface area contributed by atoms with Crippen LogP contribution in [0.25, 0.3) is 0 Å². The fourth-order valence-electron chi connectivity index (χ4n) is 9.72. The Morgan fingerprint density at radius 2 is 0.534 bits per heavy atom. The van der Waals surface area contributed by atoms with E-state index in [0.29, 0.717) is 25.7 Å². The van der Waals surface area contributed by atoms with Gasteiger partial charge in [0.05, 0.1) is 26.4 Å². The molecule has 5 unspecified atom stereocenters. The van der Waals surface area contributed by atoms with Crippen molar-refractivity contribution in [1.29, 1.82) is 0 Å². The number of allylic oxidation sites excluding steroid dienone is 30. The lowest BCUT2D eigenvalue weighted by molar-refractivity contribution is -0.161. The second kappa shape index (κ2) is 76.3. The van der Waals surface area contributed by atoms with Gasteiger partial charge in [0.2, 0.25) is 0 Å². The number of aliphatic hydroxyl groups is 2. The molecule has 584 valence electrons. The van der Waals surface area contributed by atoms with E-state index in [0.717, 1.165) is 154 Å². The molecule has 18 heteroatoms. The topological polar surface area (TPSA) is 231 Å². The first kappa shape index (κ1) is 97.7. The molecule has 0 saturated carbocycles. The molecule has 4 N–H and O–H groups in total. The molecule has 0 heterocycles. The van der Waals surface area contributed by atoms with Gasteiger partial charge in [0.1, 0.15) is 25.4 Å². The zero-order chi connectivity index (χ0) is 75.2. The van der Waals surface area contributed by atoms with Crippen LogP contribution in [0.4, 0.5) is 0 Å². The number of hydrogen-bond donors (Lipinski definition) is 4. The van der Waals surface area contributed by atoms with Gasteiger partial charge in [-0.25, -0.2) is 9.13 Å². The van der Waals surface area contributed by atoms with Gasteiger partial charge < -0.3 is 34.2 Å². The van der Waals surface area contributed by atoms with E-state index in [-0.39, 0.29) is 19.3 Å². The molecule has 5 atom stereocenters. The monoisotopic (exact) mass is 1480 g/mol. The van der Waals surface area contributed by atoms with Gasteiger partial charge in [-0.05, 0) is 148 Å². The quantitative estimate of drug-likeness (QED) is 0.0146. The Kier molecular flexibility index (Phi) is 72.3. The van der Waals surface area contributed by atoms with Crippen LogP contribution in [-0.4, -0.2) is 95.9 Å². The summed E-state index contributed by atoms with van der Waals surface area (Å²) >= 11 is 0. The average Bonchev–Trinajstić information content (AvgIpc) is 0.939. The standard InChI is InChI=1S/C85H138O16P2/c1-4-7-10-13-16-19-22-25-28-31-34-36-37-38-39-40-41-43-46-47-50-53-56-59-62-65-68-71-83(88)95-74-80(86)75-97-102(91,92)98-76-81(87)77-99-103(93,94)100-79-82(101-85(90)73-70-67-64-61-58-55-52-49-44-33-30-27-24-21-18-15-12-9-6-3)78-96-84(89)72-69-66-63-60-57-54-51-48-45-42-35-32-29-26-23-20-17-14-11-8-5-2/h7,9-10,12,16-21,25-30,34-36,38-39,42,44,48-49,51,55,58,64,67,80-82,86-87H,4-6,8,11,13-15,22-24,31-33,37,40-41,43,45-47,50,52-54,56-57,59-63,65-66,68-79H2,1-3H3,(H,91,92)(H,93,94)/b10-7-,12-9-,19-16-,20-17-,21-18-,28-25-,29-26-,30-27-,36-34-,39-38-,42-35-,49-44-,51-48-,58-55-,67-64-. The molecule has 0 rings (SSSR count). The van der Waals surface area contributed by atoms with Crippen molar-refractivity contribution in [3.05, 3.63) is 182 Å². The van der Waals surface area contributed by atoms with Crippen LogP contribution in [0.1, 0.15) is 278 Å². The number of rotatable bonds is 72. The van der Waals surface area contributed by atoms with Gasteiger partial charge in [0.15, 0.2) is 6.10 Å². The van der Waals surface area contributed by atoms with Crippen LogP contribution in [0.5, 0.6) is 0 Å². The lowest BCUT2D eigenvalue weighted by atomic mass is 10.0. The minimum absolute atomic E-state index is 0.0320. The van der Waals surface area contributed by atoms with Gasteiger partial charge in [-0.15, -0.1) is 0 Å². The maximum absolute atomic E-state index is 13.0. The molecule has 0 aliphatic carbocycles. The van der Waals surface area contributed by atoms with Crippen molar-refractivity contribution < 1.29 is 75.8 Å². The van der Waals surface area contributed by atoms with Crippen LogP contribution >= 0.6 is 15.6 Å². The van der Waals surface area contributed by atoms with E-state index in [4.69, 9.17) is 32.3 Å². The lowest BCUT2D eigenvalue weighted by Crippen LogP contribution is -2.29. The molecule has 0 spiro atoms. The zero-order valence-electron chi connectivity index (χ0n) is 63.7. The molecule has 0 bridgehead atoms. The van der Waals surface area contributed by atoms with E-state index in [9.17, 15) is 43.5 Å². The Balaban J connectivity index is 4.71.